The van der Waals surface area contributed by atoms with Crippen LogP contribution in [0.25, 0.3) is 11.3 Å². The monoisotopic (exact) mass is 318 g/mol. The van der Waals surface area contributed by atoms with Gasteiger partial charge in [-0.3, -0.25) is 9.63 Å². The summed E-state index contributed by atoms with van der Waals surface area (Å²) >= 11 is 0. The predicted octanol–water partition coefficient (Wildman–Crippen LogP) is 3.22. The fourth-order valence-corrected chi connectivity index (χ4v) is 2.02. The third-order valence-electron chi connectivity index (χ3n) is 2.97. The molecule has 0 bridgehead atoms. The summed E-state index contributed by atoms with van der Waals surface area (Å²) in [6.07, 6.45) is 0.635. The van der Waals surface area contributed by atoms with E-state index in [0.717, 1.165) is 11.1 Å². The maximum absolute atomic E-state index is 11.0. The number of ether oxygens (including phenoxy) is 1. The number of carbonyl (C=O) groups excluding carboxylic acids is 1. The van der Waals surface area contributed by atoms with Crippen molar-refractivity contribution in [3.63, 3.8) is 0 Å². The van der Waals surface area contributed by atoms with Crippen molar-refractivity contribution in [1.82, 2.24) is 10.2 Å². The molecule has 0 saturated carbocycles. The number of carbonyl (C=O) groups is 1. The Morgan fingerprint density at radius 3 is 2.70 bits per heavy atom. The van der Waals surface area contributed by atoms with Crippen LogP contribution in [-0.2, 0) is 9.63 Å². The van der Waals surface area contributed by atoms with Crippen molar-refractivity contribution < 1.29 is 18.9 Å². The van der Waals surface area contributed by atoms with E-state index in [4.69, 9.17) is 14.1 Å². The van der Waals surface area contributed by atoms with Gasteiger partial charge in [-0.15, -0.1) is 0 Å². The van der Waals surface area contributed by atoms with Gasteiger partial charge in [-0.2, -0.15) is 0 Å². The molecule has 1 aromatic carbocycles. The number of aromatic nitrogens is 1. The molecule has 2 rings (SSSR count). The second-order valence-corrected chi connectivity index (χ2v) is 6.14. The van der Waals surface area contributed by atoms with Crippen molar-refractivity contribution in [2.45, 2.75) is 33.3 Å². The third kappa shape index (κ3) is 5.10. The van der Waals surface area contributed by atoms with Gasteiger partial charge in [-0.25, -0.2) is 5.06 Å². The van der Waals surface area contributed by atoms with Crippen molar-refractivity contribution in [2.75, 3.05) is 13.2 Å². The van der Waals surface area contributed by atoms with Gasteiger partial charge in [-0.05, 0) is 38.4 Å². The zero-order valence-corrected chi connectivity index (χ0v) is 13.9. The summed E-state index contributed by atoms with van der Waals surface area (Å²) < 4.78 is 10.8. The zero-order chi connectivity index (χ0) is 16.9. The molecule has 1 heterocycles. The van der Waals surface area contributed by atoms with E-state index in [-0.39, 0.29) is 6.61 Å². The minimum atomic E-state index is -0.438. The predicted molar refractivity (Wildman–Crippen MR) is 85.8 cm³/mol. The minimum Gasteiger partial charge on any atom is -0.474 e. The Balaban J connectivity index is 1.90. The van der Waals surface area contributed by atoms with Crippen molar-refractivity contribution in [1.29, 1.82) is 0 Å². The molecule has 1 aromatic heterocycles. The van der Waals surface area contributed by atoms with Crippen molar-refractivity contribution in [3.05, 3.63) is 35.9 Å². The van der Waals surface area contributed by atoms with Crippen LogP contribution < -0.4 is 4.74 Å². The highest BCUT2D eigenvalue weighted by molar-refractivity contribution is 5.62. The minimum absolute atomic E-state index is 0.258. The SMILES string of the molecule is Cc1ccccc1-c1cc(OCCN(C=O)OC(C)(C)C)no1. The molecule has 0 radical (unpaired) electrons. The molecule has 0 spiro atoms. The number of rotatable bonds is 7. The Morgan fingerprint density at radius 1 is 1.30 bits per heavy atom. The normalized spacial score (nSPS) is 11.3. The van der Waals surface area contributed by atoms with Gasteiger partial charge in [0.05, 0.1) is 12.1 Å². The molecule has 0 atom stereocenters. The van der Waals surface area contributed by atoms with Gasteiger partial charge in [0.25, 0.3) is 5.88 Å². The average molecular weight is 318 g/mol. The number of amides is 1. The number of aryl methyl sites for hydroxylation is 1. The van der Waals surface area contributed by atoms with Crippen LogP contribution in [0.3, 0.4) is 0 Å². The Kier molecular flexibility index (Phi) is 5.39. The highest BCUT2D eigenvalue weighted by atomic mass is 16.7. The third-order valence-corrected chi connectivity index (χ3v) is 2.97. The number of benzene rings is 1. The van der Waals surface area contributed by atoms with Crippen molar-refractivity contribution in [3.8, 4) is 17.2 Å². The van der Waals surface area contributed by atoms with E-state index in [1.54, 1.807) is 6.07 Å². The lowest BCUT2D eigenvalue weighted by molar-refractivity contribution is -0.217. The van der Waals surface area contributed by atoms with Crippen LogP contribution in [-0.4, -0.2) is 35.4 Å². The highest BCUT2D eigenvalue weighted by Gasteiger charge is 2.16. The van der Waals surface area contributed by atoms with Gasteiger partial charge in [0.1, 0.15) is 6.61 Å². The van der Waals surface area contributed by atoms with Gasteiger partial charge < -0.3 is 9.26 Å². The lowest BCUT2D eigenvalue weighted by Crippen LogP contribution is -2.35. The first-order valence-corrected chi connectivity index (χ1v) is 7.45. The van der Waals surface area contributed by atoms with E-state index in [1.165, 1.54) is 5.06 Å². The highest BCUT2D eigenvalue weighted by Crippen LogP contribution is 2.26. The summed E-state index contributed by atoms with van der Waals surface area (Å²) in [6, 6.07) is 9.61. The zero-order valence-electron chi connectivity index (χ0n) is 13.9. The Hall–Kier alpha value is -2.34. The van der Waals surface area contributed by atoms with Crippen molar-refractivity contribution in [2.24, 2.45) is 0 Å². The molecule has 1 amide bonds. The summed E-state index contributed by atoms with van der Waals surface area (Å²) in [5.41, 5.74) is 1.63. The molecule has 0 aliphatic carbocycles. The Morgan fingerprint density at radius 2 is 2.04 bits per heavy atom. The summed E-state index contributed by atoms with van der Waals surface area (Å²) in [5.74, 6) is 1.03. The molecule has 0 aliphatic rings. The smallest absolute Gasteiger partial charge is 0.254 e. The van der Waals surface area contributed by atoms with Gasteiger partial charge in [0.15, 0.2) is 5.76 Å². The first kappa shape index (κ1) is 17.0. The summed E-state index contributed by atoms with van der Waals surface area (Å²) in [5, 5.41) is 5.10. The molecule has 0 saturated heterocycles. The van der Waals surface area contributed by atoms with Gasteiger partial charge in [-0.1, -0.05) is 24.3 Å². The first-order valence-electron chi connectivity index (χ1n) is 7.45. The summed E-state index contributed by atoms with van der Waals surface area (Å²) in [6.45, 7) is 8.18. The van der Waals surface area contributed by atoms with Gasteiger partial charge >= 0.3 is 0 Å². The van der Waals surface area contributed by atoms with Crippen LogP contribution in [0.2, 0.25) is 0 Å². The second-order valence-electron chi connectivity index (χ2n) is 6.14. The number of nitrogens with zero attached hydrogens (tertiary/aromatic N) is 2. The van der Waals surface area contributed by atoms with Crippen LogP contribution in [0.5, 0.6) is 5.88 Å². The quantitative estimate of drug-likeness (QED) is 0.579. The molecule has 0 aliphatic heterocycles. The van der Waals surface area contributed by atoms with Crippen LogP contribution in [0, 0.1) is 6.92 Å². The average Bonchev–Trinajstić information content (AvgIpc) is 2.94. The molecule has 2 aromatic rings. The first-order chi connectivity index (χ1) is 10.9. The fraction of sp³-hybridized carbons (Fsp3) is 0.412. The maximum atomic E-state index is 11.0. The largest absolute Gasteiger partial charge is 0.474 e. The summed E-state index contributed by atoms with van der Waals surface area (Å²) in [4.78, 5) is 16.4. The second kappa shape index (κ2) is 7.28. The number of hydrogen-bond donors (Lipinski definition) is 0. The molecule has 0 unspecified atom stereocenters. The van der Waals surface area contributed by atoms with Crippen LogP contribution >= 0.6 is 0 Å². The van der Waals surface area contributed by atoms with E-state index in [2.05, 4.69) is 5.16 Å². The Labute approximate surface area is 135 Å². The van der Waals surface area contributed by atoms with E-state index in [1.807, 2.05) is 52.0 Å². The number of hydroxylamine groups is 2. The maximum Gasteiger partial charge on any atom is 0.254 e. The molecule has 0 N–H and O–H groups in total. The van der Waals surface area contributed by atoms with E-state index < -0.39 is 5.60 Å². The van der Waals surface area contributed by atoms with Crippen LogP contribution in [0.15, 0.2) is 34.9 Å². The summed E-state index contributed by atoms with van der Waals surface area (Å²) in [7, 11) is 0. The van der Waals surface area contributed by atoms with E-state index in [9.17, 15) is 4.79 Å². The molecule has 6 nitrogen and oxygen atoms in total. The topological polar surface area (TPSA) is 64.8 Å². The van der Waals surface area contributed by atoms with Gasteiger partial charge in [0.2, 0.25) is 6.41 Å². The lowest BCUT2D eigenvalue weighted by atomic mass is 10.1. The molecular formula is C17H22N2O4. The van der Waals surface area contributed by atoms with Crippen LogP contribution in [0.1, 0.15) is 26.3 Å². The van der Waals surface area contributed by atoms with E-state index in [0.29, 0.717) is 24.6 Å². The van der Waals surface area contributed by atoms with E-state index >= 15 is 0 Å². The standard InChI is InChI=1S/C17H22N2O4/c1-13-7-5-6-8-14(13)15-11-16(18-22-15)21-10-9-19(12-20)23-17(2,3)4/h5-8,11-12H,9-10H2,1-4H3. The lowest BCUT2D eigenvalue weighted by Gasteiger charge is -2.26. The van der Waals surface area contributed by atoms with Gasteiger partial charge in [0, 0.05) is 11.6 Å². The fourth-order valence-electron chi connectivity index (χ4n) is 2.02. The Bertz CT molecular complexity index is 646. The molecule has 124 valence electrons. The molecule has 23 heavy (non-hydrogen) atoms. The molecule has 6 heteroatoms. The molecular weight excluding hydrogens is 296 g/mol. The van der Waals surface area contributed by atoms with Crippen LogP contribution in [0.4, 0.5) is 0 Å². The number of hydrogen-bond acceptors (Lipinski definition) is 5. The van der Waals surface area contributed by atoms with Crippen molar-refractivity contribution >= 4 is 6.41 Å². The molecule has 0 fully saturated rings.